The molecule has 1 aromatic rings. The zero-order valence-electron chi connectivity index (χ0n) is 7.59. The summed E-state index contributed by atoms with van der Waals surface area (Å²) in [4.78, 5) is 0. The zero-order chi connectivity index (χ0) is 10.0. The first-order chi connectivity index (χ1) is 6.04. The Morgan fingerprint density at radius 2 is 2.00 bits per heavy atom. The van der Waals surface area contributed by atoms with Crippen LogP contribution in [0, 0.1) is 11.7 Å². The molecule has 0 saturated carbocycles. The number of halogens is 2. The highest BCUT2D eigenvalue weighted by atomic mass is 79.9. The Morgan fingerprint density at radius 1 is 1.38 bits per heavy atom. The highest BCUT2D eigenvalue weighted by Gasteiger charge is 2.18. The van der Waals surface area contributed by atoms with Gasteiger partial charge in [0.1, 0.15) is 5.82 Å². The van der Waals surface area contributed by atoms with Crippen molar-refractivity contribution < 1.29 is 9.50 Å². The minimum atomic E-state index is -0.754. The Balaban J connectivity index is 3.12. The average Bonchev–Trinajstić information content (AvgIpc) is 2.03. The molecule has 72 valence electrons. The van der Waals surface area contributed by atoms with Gasteiger partial charge in [-0.1, -0.05) is 35.8 Å². The Morgan fingerprint density at radius 3 is 2.46 bits per heavy atom. The second-order valence-electron chi connectivity index (χ2n) is 3.32. The molecule has 0 aliphatic heterocycles. The van der Waals surface area contributed by atoms with Gasteiger partial charge < -0.3 is 5.11 Å². The van der Waals surface area contributed by atoms with Crippen LogP contribution in [0.15, 0.2) is 22.7 Å². The molecule has 0 unspecified atom stereocenters. The van der Waals surface area contributed by atoms with Crippen molar-refractivity contribution >= 4 is 15.9 Å². The fourth-order valence-electron chi connectivity index (χ4n) is 1.13. The van der Waals surface area contributed by atoms with Crippen molar-refractivity contribution in [3.05, 3.63) is 34.1 Å². The third-order valence-corrected chi connectivity index (χ3v) is 2.62. The Kier molecular flexibility index (Phi) is 3.45. The molecule has 1 rings (SSSR count). The molecule has 0 saturated heterocycles. The van der Waals surface area contributed by atoms with Crippen molar-refractivity contribution in [2.45, 2.75) is 20.0 Å². The summed E-state index contributed by atoms with van der Waals surface area (Å²) >= 11 is 3.22. The number of hydrogen-bond acceptors (Lipinski definition) is 1. The lowest BCUT2D eigenvalue weighted by Crippen LogP contribution is -2.08. The van der Waals surface area contributed by atoms with E-state index in [1.54, 1.807) is 12.1 Å². The van der Waals surface area contributed by atoms with E-state index in [1.807, 2.05) is 13.8 Å². The number of benzene rings is 1. The molecule has 0 aliphatic carbocycles. The summed E-state index contributed by atoms with van der Waals surface area (Å²) in [6.45, 7) is 3.70. The van der Waals surface area contributed by atoms with Crippen molar-refractivity contribution in [3.63, 3.8) is 0 Å². The van der Waals surface area contributed by atoms with E-state index in [2.05, 4.69) is 15.9 Å². The summed E-state index contributed by atoms with van der Waals surface area (Å²) in [5.41, 5.74) is 0.345. The highest BCUT2D eigenvalue weighted by Crippen LogP contribution is 2.30. The Bertz CT molecular complexity index is 279. The van der Waals surface area contributed by atoms with Crippen molar-refractivity contribution in [2.75, 3.05) is 0 Å². The lowest BCUT2D eigenvalue weighted by Gasteiger charge is -2.16. The first-order valence-corrected chi connectivity index (χ1v) is 4.95. The molecule has 1 aromatic carbocycles. The Labute approximate surface area is 85.7 Å². The number of hydrogen-bond donors (Lipinski definition) is 1. The van der Waals surface area contributed by atoms with Gasteiger partial charge >= 0.3 is 0 Å². The van der Waals surface area contributed by atoms with Gasteiger partial charge in [-0.2, -0.15) is 0 Å². The van der Waals surface area contributed by atoms with Gasteiger partial charge in [0.2, 0.25) is 0 Å². The minimum absolute atomic E-state index is 0.00759. The molecule has 0 spiro atoms. The molecule has 0 amide bonds. The second-order valence-corrected chi connectivity index (χ2v) is 4.18. The molecule has 0 fully saturated rings. The van der Waals surface area contributed by atoms with Gasteiger partial charge in [0.15, 0.2) is 0 Å². The van der Waals surface area contributed by atoms with Gasteiger partial charge in [0, 0.05) is 10.0 Å². The minimum Gasteiger partial charge on any atom is -0.388 e. The highest BCUT2D eigenvalue weighted by molar-refractivity contribution is 9.10. The normalized spacial score (nSPS) is 13.4. The molecular weight excluding hydrogens is 235 g/mol. The fraction of sp³-hybridized carbons (Fsp3) is 0.400. The monoisotopic (exact) mass is 246 g/mol. The summed E-state index contributed by atoms with van der Waals surface area (Å²) < 4.78 is 13.9. The summed E-state index contributed by atoms with van der Waals surface area (Å²) in [5.74, 6) is -0.358. The van der Waals surface area contributed by atoms with Crippen LogP contribution in [0.1, 0.15) is 25.5 Å². The first kappa shape index (κ1) is 10.7. The van der Waals surface area contributed by atoms with Gasteiger partial charge in [0.05, 0.1) is 6.10 Å². The molecule has 1 N–H and O–H groups in total. The molecule has 0 bridgehead atoms. The predicted octanol–water partition coefficient (Wildman–Crippen LogP) is 3.28. The van der Waals surface area contributed by atoms with Crippen LogP contribution in [0.3, 0.4) is 0 Å². The SMILES string of the molecule is CC(C)[C@H](O)c1c(F)cccc1Br. The van der Waals surface area contributed by atoms with E-state index in [-0.39, 0.29) is 11.7 Å². The van der Waals surface area contributed by atoms with Gasteiger partial charge in [-0.3, -0.25) is 0 Å². The van der Waals surface area contributed by atoms with E-state index < -0.39 is 6.10 Å². The molecule has 0 aliphatic rings. The predicted molar refractivity (Wildman–Crippen MR) is 53.9 cm³/mol. The molecule has 0 radical (unpaired) electrons. The average molecular weight is 247 g/mol. The number of aliphatic hydroxyl groups excluding tert-OH is 1. The molecule has 13 heavy (non-hydrogen) atoms. The van der Waals surface area contributed by atoms with Gasteiger partial charge in [-0.05, 0) is 18.1 Å². The second kappa shape index (κ2) is 4.20. The maximum absolute atomic E-state index is 13.3. The van der Waals surface area contributed by atoms with Crippen molar-refractivity contribution in [3.8, 4) is 0 Å². The Hall–Kier alpha value is -0.410. The van der Waals surface area contributed by atoms with E-state index >= 15 is 0 Å². The van der Waals surface area contributed by atoms with Gasteiger partial charge in [-0.25, -0.2) is 4.39 Å². The van der Waals surface area contributed by atoms with E-state index in [0.717, 1.165) is 0 Å². The van der Waals surface area contributed by atoms with Gasteiger partial charge in [-0.15, -0.1) is 0 Å². The summed E-state index contributed by atoms with van der Waals surface area (Å²) in [5, 5.41) is 9.69. The van der Waals surface area contributed by atoms with Crippen LogP contribution in [-0.4, -0.2) is 5.11 Å². The number of aliphatic hydroxyl groups is 1. The van der Waals surface area contributed by atoms with Crippen LogP contribution in [0.2, 0.25) is 0 Å². The lowest BCUT2D eigenvalue weighted by atomic mass is 9.99. The van der Waals surface area contributed by atoms with Crippen molar-refractivity contribution in [1.29, 1.82) is 0 Å². The van der Waals surface area contributed by atoms with Crippen LogP contribution in [0.25, 0.3) is 0 Å². The van der Waals surface area contributed by atoms with E-state index in [9.17, 15) is 9.50 Å². The molecule has 3 heteroatoms. The van der Waals surface area contributed by atoms with Gasteiger partial charge in [0.25, 0.3) is 0 Å². The van der Waals surface area contributed by atoms with Crippen LogP contribution < -0.4 is 0 Å². The van der Waals surface area contributed by atoms with E-state index in [4.69, 9.17) is 0 Å². The quantitative estimate of drug-likeness (QED) is 0.850. The van der Waals surface area contributed by atoms with E-state index in [0.29, 0.717) is 10.0 Å². The van der Waals surface area contributed by atoms with Crippen molar-refractivity contribution in [2.24, 2.45) is 5.92 Å². The summed E-state index contributed by atoms with van der Waals surface area (Å²) in [6, 6.07) is 4.69. The molecular formula is C10H12BrFO. The topological polar surface area (TPSA) is 20.2 Å². The van der Waals surface area contributed by atoms with Crippen LogP contribution >= 0.6 is 15.9 Å². The third kappa shape index (κ3) is 2.29. The van der Waals surface area contributed by atoms with Crippen LogP contribution in [-0.2, 0) is 0 Å². The molecule has 1 atom stereocenters. The van der Waals surface area contributed by atoms with Crippen molar-refractivity contribution in [1.82, 2.24) is 0 Å². The zero-order valence-corrected chi connectivity index (χ0v) is 9.18. The first-order valence-electron chi connectivity index (χ1n) is 4.16. The summed E-state index contributed by atoms with van der Waals surface area (Å²) in [7, 11) is 0. The standard InChI is InChI=1S/C10H12BrFO/c1-6(2)10(13)9-7(11)4-3-5-8(9)12/h3-6,10,13H,1-2H3/t10-/m0/s1. The maximum atomic E-state index is 13.3. The summed E-state index contributed by atoms with van der Waals surface area (Å²) in [6.07, 6.45) is -0.754. The smallest absolute Gasteiger partial charge is 0.130 e. The third-order valence-electron chi connectivity index (χ3n) is 1.93. The fourth-order valence-corrected chi connectivity index (χ4v) is 1.70. The number of rotatable bonds is 2. The van der Waals surface area contributed by atoms with Crippen LogP contribution in [0.5, 0.6) is 0 Å². The molecule has 0 aromatic heterocycles. The lowest BCUT2D eigenvalue weighted by molar-refractivity contribution is 0.122. The molecule has 0 heterocycles. The largest absolute Gasteiger partial charge is 0.388 e. The molecule has 1 nitrogen and oxygen atoms in total. The maximum Gasteiger partial charge on any atom is 0.130 e. The van der Waals surface area contributed by atoms with E-state index in [1.165, 1.54) is 6.07 Å². The van der Waals surface area contributed by atoms with Crippen LogP contribution in [0.4, 0.5) is 4.39 Å².